The van der Waals surface area contributed by atoms with Crippen LogP contribution in [0.15, 0.2) is 53.7 Å². The van der Waals surface area contributed by atoms with Crippen LogP contribution in [0.4, 0.5) is 0 Å². The molecule has 0 aliphatic carbocycles. The number of nitrogens with one attached hydrogen (secondary N) is 2. The smallest absolute Gasteiger partial charge is 0.191 e. The first-order valence-electron chi connectivity index (χ1n) is 7.75. The molecular formula is C18H24N4O. The van der Waals surface area contributed by atoms with E-state index in [1.54, 1.807) is 13.2 Å². The van der Waals surface area contributed by atoms with Crippen LogP contribution in [0.5, 0.6) is 5.75 Å². The van der Waals surface area contributed by atoms with Crippen LogP contribution in [0.25, 0.3) is 0 Å². The number of aromatic nitrogens is 1. The molecule has 122 valence electrons. The number of benzene rings is 1. The van der Waals surface area contributed by atoms with Gasteiger partial charge in [-0.1, -0.05) is 18.2 Å². The summed E-state index contributed by atoms with van der Waals surface area (Å²) in [5.41, 5.74) is 2.16. The number of ether oxygens (including phenoxy) is 1. The van der Waals surface area contributed by atoms with Gasteiger partial charge in [0.1, 0.15) is 11.9 Å². The molecule has 2 N–H and O–H groups in total. The van der Waals surface area contributed by atoms with E-state index < -0.39 is 0 Å². The van der Waals surface area contributed by atoms with Gasteiger partial charge in [0.15, 0.2) is 5.96 Å². The van der Waals surface area contributed by atoms with Gasteiger partial charge in [-0.15, -0.1) is 0 Å². The van der Waals surface area contributed by atoms with E-state index >= 15 is 0 Å². The molecule has 0 aliphatic rings. The molecule has 0 bridgehead atoms. The number of hydrogen-bond acceptors (Lipinski definition) is 3. The molecule has 0 spiro atoms. The van der Waals surface area contributed by atoms with Crippen LogP contribution in [-0.4, -0.2) is 30.6 Å². The summed E-state index contributed by atoms with van der Waals surface area (Å²) in [6.07, 6.45) is 1.82. The van der Waals surface area contributed by atoms with Gasteiger partial charge in [-0.25, -0.2) is 0 Å². The van der Waals surface area contributed by atoms with Crippen molar-refractivity contribution in [2.75, 3.05) is 13.6 Å². The lowest BCUT2D eigenvalue weighted by Crippen LogP contribution is -2.41. The molecule has 5 heteroatoms. The minimum Gasteiger partial charge on any atom is -0.489 e. The fourth-order valence-corrected chi connectivity index (χ4v) is 2.10. The molecule has 0 saturated carbocycles. The van der Waals surface area contributed by atoms with E-state index in [2.05, 4.69) is 33.6 Å². The van der Waals surface area contributed by atoms with Crippen LogP contribution in [0.1, 0.15) is 18.2 Å². The second-order valence-corrected chi connectivity index (χ2v) is 5.37. The van der Waals surface area contributed by atoms with Crippen LogP contribution in [-0.2, 0) is 6.54 Å². The molecule has 0 radical (unpaired) electrons. The van der Waals surface area contributed by atoms with Gasteiger partial charge in [-0.05, 0) is 43.7 Å². The van der Waals surface area contributed by atoms with Crippen LogP contribution >= 0.6 is 0 Å². The molecule has 1 aromatic carbocycles. The van der Waals surface area contributed by atoms with Gasteiger partial charge in [-0.2, -0.15) is 0 Å². The van der Waals surface area contributed by atoms with Crippen molar-refractivity contribution in [2.24, 2.45) is 4.99 Å². The predicted octanol–water partition coefficient (Wildman–Crippen LogP) is 2.52. The Morgan fingerprint density at radius 2 is 2.09 bits per heavy atom. The Bertz CT molecular complexity index is 628. The molecule has 5 nitrogen and oxygen atoms in total. The minimum atomic E-state index is 0.0326. The van der Waals surface area contributed by atoms with E-state index in [9.17, 15) is 0 Å². The lowest BCUT2D eigenvalue weighted by molar-refractivity contribution is 0.223. The lowest BCUT2D eigenvalue weighted by Gasteiger charge is -2.18. The molecule has 0 amide bonds. The van der Waals surface area contributed by atoms with Crippen molar-refractivity contribution < 1.29 is 4.74 Å². The third-order valence-electron chi connectivity index (χ3n) is 3.27. The Morgan fingerprint density at radius 1 is 1.22 bits per heavy atom. The summed E-state index contributed by atoms with van der Waals surface area (Å²) in [7, 11) is 1.75. The molecular weight excluding hydrogens is 288 g/mol. The van der Waals surface area contributed by atoms with E-state index in [-0.39, 0.29) is 6.10 Å². The Hall–Kier alpha value is -2.56. The van der Waals surface area contributed by atoms with Crippen molar-refractivity contribution in [1.29, 1.82) is 0 Å². The third kappa shape index (κ3) is 5.98. The Morgan fingerprint density at radius 3 is 2.78 bits per heavy atom. The minimum absolute atomic E-state index is 0.0326. The van der Waals surface area contributed by atoms with Gasteiger partial charge in [0, 0.05) is 13.2 Å². The van der Waals surface area contributed by atoms with Gasteiger partial charge in [0.25, 0.3) is 0 Å². The second-order valence-electron chi connectivity index (χ2n) is 5.37. The normalized spacial score (nSPS) is 12.6. The predicted molar refractivity (Wildman–Crippen MR) is 93.7 cm³/mol. The number of pyridine rings is 1. The van der Waals surface area contributed by atoms with Gasteiger partial charge in [-0.3, -0.25) is 9.98 Å². The summed E-state index contributed by atoms with van der Waals surface area (Å²) in [5.74, 6) is 1.62. The largest absolute Gasteiger partial charge is 0.489 e. The van der Waals surface area contributed by atoms with Crippen molar-refractivity contribution in [1.82, 2.24) is 15.6 Å². The zero-order valence-corrected chi connectivity index (χ0v) is 13.9. The number of hydrogen-bond donors (Lipinski definition) is 2. The highest BCUT2D eigenvalue weighted by atomic mass is 16.5. The number of rotatable bonds is 6. The molecule has 1 unspecified atom stereocenters. The van der Waals surface area contributed by atoms with Crippen molar-refractivity contribution in [2.45, 2.75) is 26.5 Å². The SMILES string of the molecule is CN=C(NCc1ccccn1)NCC(C)Oc1cccc(C)c1. The number of nitrogens with zero attached hydrogens (tertiary/aromatic N) is 2. The average molecular weight is 312 g/mol. The van der Waals surface area contributed by atoms with Crippen molar-refractivity contribution >= 4 is 5.96 Å². The number of guanidine groups is 1. The summed E-state index contributed by atoms with van der Waals surface area (Å²) in [5, 5.41) is 6.50. The van der Waals surface area contributed by atoms with Gasteiger partial charge >= 0.3 is 0 Å². The maximum atomic E-state index is 5.90. The molecule has 1 aromatic heterocycles. The topological polar surface area (TPSA) is 58.5 Å². The highest BCUT2D eigenvalue weighted by Gasteiger charge is 2.06. The summed E-state index contributed by atoms with van der Waals surface area (Å²) in [4.78, 5) is 8.48. The number of aliphatic imine (C=N–C) groups is 1. The van der Waals surface area contributed by atoms with E-state index in [4.69, 9.17) is 4.74 Å². The second kappa shape index (κ2) is 8.78. The fourth-order valence-electron chi connectivity index (χ4n) is 2.10. The maximum Gasteiger partial charge on any atom is 0.191 e. The van der Waals surface area contributed by atoms with Crippen molar-refractivity contribution in [3.63, 3.8) is 0 Å². The average Bonchev–Trinajstić information content (AvgIpc) is 2.56. The van der Waals surface area contributed by atoms with Crippen molar-refractivity contribution in [3.8, 4) is 5.75 Å². The summed E-state index contributed by atoms with van der Waals surface area (Å²) in [6.45, 7) is 5.38. The third-order valence-corrected chi connectivity index (χ3v) is 3.27. The van der Waals surface area contributed by atoms with Crippen LogP contribution in [0.2, 0.25) is 0 Å². The molecule has 2 rings (SSSR count). The summed E-state index contributed by atoms with van der Waals surface area (Å²) >= 11 is 0. The molecule has 2 aromatic rings. The van der Waals surface area contributed by atoms with Crippen LogP contribution in [0, 0.1) is 6.92 Å². The molecule has 1 atom stereocenters. The Kier molecular flexibility index (Phi) is 6.41. The fraction of sp³-hybridized carbons (Fsp3) is 0.333. The molecule has 0 saturated heterocycles. The standard InChI is InChI=1S/C18H24N4O/c1-14-7-6-9-17(11-14)23-15(2)12-21-18(19-3)22-13-16-8-4-5-10-20-16/h4-11,15H,12-13H2,1-3H3,(H2,19,21,22). The van der Waals surface area contributed by atoms with Crippen molar-refractivity contribution in [3.05, 3.63) is 59.9 Å². The van der Waals surface area contributed by atoms with E-state index in [0.29, 0.717) is 13.1 Å². The van der Waals surface area contributed by atoms with E-state index in [0.717, 1.165) is 17.4 Å². The van der Waals surface area contributed by atoms with Gasteiger partial charge < -0.3 is 15.4 Å². The highest BCUT2D eigenvalue weighted by molar-refractivity contribution is 5.79. The first-order valence-corrected chi connectivity index (χ1v) is 7.75. The van der Waals surface area contributed by atoms with Gasteiger partial charge in [0.05, 0.1) is 18.8 Å². The quantitative estimate of drug-likeness (QED) is 0.636. The molecule has 23 heavy (non-hydrogen) atoms. The zero-order valence-electron chi connectivity index (χ0n) is 13.9. The Balaban J connectivity index is 1.76. The molecule has 0 fully saturated rings. The molecule has 0 aliphatic heterocycles. The highest BCUT2D eigenvalue weighted by Crippen LogP contribution is 2.13. The van der Waals surface area contributed by atoms with Gasteiger partial charge in [0.2, 0.25) is 0 Å². The lowest BCUT2D eigenvalue weighted by atomic mass is 10.2. The molecule has 1 heterocycles. The summed E-state index contributed by atoms with van der Waals surface area (Å²) in [6, 6.07) is 13.9. The number of aryl methyl sites for hydroxylation is 1. The van der Waals surface area contributed by atoms with Crippen LogP contribution in [0.3, 0.4) is 0 Å². The van der Waals surface area contributed by atoms with Crippen LogP contribution < -0.4 is 15.4 Å². The monoisotopic (exact) mass is 312 g/mol. The summed E-state index contributed by atoms with van der Waals surface area (Å²) < 4.78 is 5.90. The first-order chi connectivity index (χ1) is 11.2. The first kappa shape index (κ1) is 16.8. The maximum absolute atomic E-state index is 5.90. The van der Waals surface area contributed by atoms with E-state index in [1.165, 1.54) is 5.56 Å². The zero-order chi connectivity index (χ0) is 16.5. The Labute approximate surface area is 137 Å². The van der Waals surface area contributed by atoms with E-state index in [1.807, 2.05) is 43.3 Å².